The van der Waals surface area contributed by atoms with E-state index in [2.05, 4.69) is 24.0 Å². The van der Waals surface area contributed by atoms with Gasteiger partial charge in [0, 0.05) is 32.4 Å². The average molecular weight is 427 g/mol. The molecular weight excluding hydrogens is 400 g/mol. The summed E-state index contributed by atoms with van der Waals surface area (Å²) in [5.41, 5.74) is 4.78. The van der Waals surface area contributed by atoms with Gasteiger partial charge in [0.25, 0.3) is 0 Å². The summed E-state index contributed by atoms with van der Waals surface area (Å²) in [5.74, 6) is 1.66. The Labute approximate surface area is 188 Å². The molecule has 2 heterocycles. The van der Waals surface area contributed by atoms with Crippen molar-refractivity contribution in [3.05, 3.63) is 94.7 Å². The van der Waals surface area contributed by atoms with Crippen LogP contribution in [0.25, 0.3) is 6.08 Å². The van der Waals surface area contributed by atoms with Crippen molar-refractivity contribution in [3.63, 3.8) is 0 Å². The van der Waals surface area contributed by atoms with Crippen LogP contribution in [0, 0.1) is 0 Å². The summed E-state index contributed by atoms with van der Waals surface area (Å²) in [5, 5.41) is 0. The smallest absolute Gasteiger partial charge is 0.231 e. The quantitative estimate of drug-likeness (QED) is 0.531. The molecule has 5 heteroatoms. The van der Waals surface area contributed by atoms with Crippen molar-refractivity contribution in [3.8, 4) is 11.5 Å². The van der Waals surface area contributed by atoms with Gasteiger partial charge < -0.3 is 14.4 Å². The number of allylic oxidation sites excluding steroid dienone is 1. The fourth-order valence-corrected chi connectivity index (χ4v) is 4.19. The molecule has 5 nitrogen and oxygen atoms in total. The fraction of sp³-hybridized carbons (Fsp3) is 0.222. The zero-order chi connectivity index (χ0) is 22.2. The van der Waals surface area contributed by atoms with Crippen LogP contribution in [0.1, 0.15) is 40.0 Å². The van der Waals surface area contributed by atoms with Gasteiger partial charge in [0.1, 0.15) is 18.2 Å². The van der Waals surface area contributed by atoms with Gasteiger partial charge in [-0.05, 0) is 48.4 Å². The number of nitrogens with zero attached hydrogens (tertiary/aromatic N) is 2. The van der Waals surface area contributed by atoms with E-state index in [4.69, 9.17) is 9.47 Å². The highest BCUT2D eigenvalue weighted by Gasteiger charge is 2.34. The summed E-state index contributed by atoms with van der Waals surface area (Å²) in [6, 6.07) is 22.3. The van der Waals surface area contributed by atoms with Crippen LogP contribution in [0.15, 0.2) is 72.5 Å². The highest BCUT2D eigenvalue weighted by molar-refractivity contribution is 6.15. The lowest BCUT2D eigenvalue weighted by Crippen LogP contribution is -2.34. The number of hydrogen-bond donors (Lipinski definition) is 0. The first-order valence-electron chi connectivity index (χ1n) is 10.8. The van der Waals surface area contributed by atoms with Gasteiger partial charge in [0.2, 0.25) is 5.78 Å². The van der Waals surface area contributed by atoms with Gasteiger partial charge in [0.15, 0.2) is 5.76 Å². The summed E-state index contributed by atoms with van der Waals surface area (Å²) in [4.78, 5) is 17.3. The second-order valence-corrected chi connectivity index (χ2v) is 8.45. The van der Waals surface area contributed by atoms with Crippen LogP contribution >= 0.6 is 0 Å². The Bertz CT molecular complexity index is 1180. The van der Waals surface area contributed by atoms with Crippen molar-refractivity contribution in [2.45, 2.75) is 19.5 Å². The Morgan fingerprint density at radius 1 is 1.00 bits per heavy atom. The van der Waals surface area contributed by atoms with E-state index in [-0.39, 0.29) is 11.8 Å². The van der Waals surface area contributed by atoms with Gasteiger partial charge in [-0.15, -0.1) is 0 Å². The van der Waals surface area contributed by atoms with Gasteiger partial charge in [-0.2, -0.15) is 0 Å². The molecule has 0 aliphatic carbocycles. The lowest BCUT2D eigenvalue weighted by atomic mass is 10.0. The molecule has 32 heavy (non-hydrogen) atoms. The third-order valence-electron chi connectivity index (χ3n) is 6.18. The standard InChI is InChI=1S/C27H26N2O3/c1-18(20-7-5-4-6-8-20)29-16-23-24(31-17-29)14-13-22-26(30)25(32-27(22)23)15-19-9-11-21(12-10-19)28(2)3/h4-15,18H,16-17H2,1-3H3/b25-15-. The van der Waals surface area contributed by atoms with Crippen LogP contribution in [0.5, 0.6) is 11.5 Å². The predicted octanol–water partition coefficient (Wildman–Crippen LogP) is 5.28. The molecule has 0 saturated heterocycles. The molecule has 0 spiro atoms. The minimum atomic E-state index is -0.0901. The van der Waals surface area contributed by atoms with Crippen molar-refractivity contribution in [1.29, 1.82) is 0 Å². The van der Waals surface area contributed by atoms with Crippen LogP contribution in [0.2, 0.25) is 0 Å². The van der Waals surface area contributed by atoms with E-state index in [0.29, 0.717) is 30.3 Å². The number of anilines is 1. The molecule has 0 radical (unpaired) electrons. The van der Waals surface area contributed by atoms with Gasteiger partial charge >= 0.3 is 0 Å². The summed E-state index contributed by atoms with van der Waals surface area (Å²) in [7, 11) is 4.00. The molecule has 0 N–H and O–H groups in total. The third-order valence-corrected chi connectivity index (χ3v) is 6.18. The van der Waals surface area contributed by atoms with Crippen LogP contribution in [0.3, 0.4) is 0 Å². The molecule has 1 unspecified atom stereocenters. The maximum atomic E-state index is 13.0. The third kappa shape index (κ3) is 3.65. The highest BCUT2D eigenvalue weighted by atomic mass is 16.5. The lowest BCUT2D eigenvalue weighted by molar-refractivity contribution is 0.0606. The lowest BCUT2D eigenvalue weighted by Gasteiger charge is -2.34. The number of benzene rings is 3. The second-order valence-electron chi connectivity index (χ2n) is 8.45. The molecule has 0 saturated carbocycles. The Morgan fingerprint density at radius 3 is 2.47 bits per heavy atom. The Morgan fingerprint density at radius 2 is 1.75 bits per heavy atom. The molecule has 1 atom stereocenters. The summed E-state index contributed by atoms with van der Waals surface area (Å²) >= 11 is 0. The molecule has 2 aliphatic heterocycles. The minimum Gasteiger partial charge on any atom is -0.478 e. The molecule has 162 valence electrons. The Kier molecular flexibility index (Phi) is 5.19. The zero-order valence-electron chi connectivity index (χ0n) is 18.5. The summed E-state index contributed by atoms with van der Waals surface area (Å²) in [6.07, 6.45) is 1.81. The number of carbonyl (C=O) groups is 1. The minimum absolute atomic E-state index is 0.0901. The molecule has 3 aromatic carbocycles. The molecule has 2 aliphatic rings. The number of rotatable bonds is 4. The number of carbonyl (C=O) groups excluding carboxylic acids is 1. The Hall–Kier alpha value is -3.57. The van der Waals surface area contributed by atoms with E-state index >= 15 is 0 Å². The van der Waals surface area contributed by atoms with Crippen molar-refractivity contribution >= 4 is 17.5 Å². The van der Waals surface area contributed by atoms with Crippen LogP contribution in [-0.4, -0.2) is 31.5 Å². The first-order valence-corrected chi connectivity index (χ1v) is 10.8. The normalized spacial score (nSPS) is 17.3. The molecule has 3 aromatic rings. The number of fused-ring (bicyclic) bond motifs is 3. The van der Waals surface area contributed by atoms with E-state index in [1.165, 1.54) is 5.56 Å². The van der Waals surface area contributed by atoms with Crippen LogP contribution in [-0.2, 0) is 6.54 Å². The first-order chi connectivity index (χ1) is 15.5. The summed E-state index contributed by atoms with van der Waals surface area (Å²) in [6.45, 7) is 3.32. The summed E-state index contributed by atoms with van der Waals surface area (Å²) < 4.78 is 12.2. The predicted molar refractivity (Wildman–Crippen MR) is 126 cm³/mol. The molecule has 0 aromatic heterocycles. The van der Waals surface area contributed by atoms with Crippen LogP contribution < -0.4 is 14.4 Å². The van der Waals surface area contributed by atoms with E-state index in [1.807, 2.05) is 79.7 Å². The first kappa shape index (κ1) is 20.3. The van der Waals surface area contributed by atoms with Gasteiger partial charge in [-0.1, -0.05) is 42.5 Å². The molecule has 0 bridgehead atoms. The number of Topliss-reactive ketones (excluding diaryl/α,β-unsaturated/α-hetero) is 1. The highest BCUT2D eigenvalue weighted by Crippen LogP contribution is 2.43. The fourth-order valence-electron chi connectivity index (χ4n) is 4.19. The number of ether oxygens (including phenoxy) is 2. The topological polar surface area (TPSA) is 42.0 Å². The number of hydrogen-bond acceptors (Lipinski definition) is 5. The molecule has 0 fully saturated rings. The van der Waals surface area contributed by atoms with Crippen molar-refractivity contribution < 1.29 is 14.3 Å². The van der Waals surface area contributed by atoms with Crippen molar-refractivity contribution in [2.24, 2.45) is 0 Å². The zero-order valence-corrected chi connectivity index (χ0v) is 18.5. The molecular formula is C27H26N2O3. The van der Waals surface area contributed by atoms with Crippen molar-refractivity contribution in [2.75, 3.05) is 25.7 Å². The van der Waals surface area contributed by atoms with E-state index < -0.39 is 0 Å². The van der Waals surface area contributed by atoms with E-state index in [9.17, 15) is 4.79 Å². The monoisotopic (exact) mass is 426 g/mol. The maximum Gasteiger partial charge on any atom is 0.231 e. The maximum absolute atomic E-state index is 13.0. The Balaban J connectivity index is 1.42. The van der Waals surface area contributed by atoms with Gasteiger partial charge in [-0.25, -0.2) is 0 Å². The van der Waals surface area contributed by atoms with E-state index in [1.54, 1.807) is 0 Å². The largest absolute Gasteiger partial charge is 0.478 e. The molecule has 5 rings (SSSR count). The van der Waals surface area contributed by atoms with Gasteiger partial charge in [0.05, 0.1) is 11.1 Å². The average Bonchev–Trinajstić information content (AvgIpc) is 3.14. The molecule has 0 amide bonds. The second kappa shape index (κ2) is 8.17. The SMILES string of the molecule is CC(c1ccccc1)N1COc2ccc3c(c2C1)O/C(=C\c1ccc(N(C)C)cc1)C3=O. The number of ketones is 1. The van der Waals surface area contributed by atoms with E-state index in [0.717, 1.165) is 22.6 Å². The van der Waals surface area contributed by atoms with Crippen molar-refractivity contribution in [1.82, 2.24) is 4.90 Å². The van der Waals surface area contributed by atoms with Crippen LogP contribution in [0.4, 0.5) is 5.69 Å². The van der Waals surface area contributed by atoms with Gasteiger partial charge in [-0.3, -0.25) is 9.69 Å².